The maximum absolute atomic E-state index is 10.3. The molecule has 3 rings (SSSR count). The number of hydrogen-bond acceptors (Lipinski definition) is 2. The molecule has 1 aromatic heterocycles. The van der Waals surface area contributed by atoms with Gasteiger partial charge in [0, 0.05) is 0 Å². The molecule has 1 heterocycles. The van der Waals surface area contributed by atoms with Crippen molar-refractivity contribution in [2.24, 2.45) is 0 Å². The fourth-order valence-corrected chi connectivity index (χ4v) is 2.46. The quantitative estimate of drug-likeness (QED) is 0.705. The highest BCUT2D eigenvalue weighted by atomic mass is 16.3. The first-order valence-corrected chi connectivity index (χ1v) is 6.41. The summed E-state index contributed by atoms with van der Waals surface area (Å²) in [5.74, 6) is -0.0167. The highest BCUT2D eigenvalue weighted by Crippen LogP contribution is 2.39. The third-order valence-corrected chi connectivity index (χ3v) is 3.45. The predicted molar refractivity (Wildman–Crippen MR) is 78.6 cm³/mol. The van der Waals surface area contributed by atoms with E-state index < -0.39 is 0 Å². The summed E-state index contributed by atoms with van der Waals surface area (Å²) in [6, 6.07) is 15.7. The molecule has 0 aliphatic rings. The monoisotopic (exact) mass is 264 g/mol. The maximum Gasteiger partial charge on any atom is 0.453 e. The molecular formula is C16H14N3O+. The second kappa shape index (κ2) is 4.71. The Morgan fingerprint density at radius 3 is 2.60 bits per heavy atom. The first-order chi connectivity index (χ1) is 9.70. The Kier molecular flexibility index (Phi) is 2.88. The number of hydrogen-bond donors (Lipinski definition) is 1. The van der Waals surface area contributed by atoms with Crippen molar-refractivity contribution in [3.63, 3.8) is 0 Å². The summed E-state index contributed by atoms with van der Waals surface area (Å²) in [6.07, 6.45) is 0. The zero-order valence-corrected chi connectivity index (χ0v) is 11.1. The van der Waals surface area contributed by atoms with Gasteiger partial charge in [-0.25, -0.2) is 0 Å². The number of rotatable bonds is 2. The van der Waals surface area contributed by atoms with Crippen LogP contribution in [0.15, 0.2) is 48.5 Å². The van der Waals surface area contributed by atoms with Crippen molar-refractivity contribution >= 4 is 16.6 Å². The van der Waals surface area contributed by atoms with Crippen LogP contribution in [0.3, 0.4) is 0 Å². The van der Waals surface area contributed by atoms with Gasteiger partial charge >= 0.3 is 5.69 Å². The molecule has 4 heteroatoms. The lowest BCUT2D eigenvalue weighted by Crippen LogP contribution is -1.98. The van der Waals surface area contributed by atoms with Gasteiger partial charge in [-0.2, -0.15) is 0 Å². The number of fused-ring (bicyclic) bond motifs is 1. The Balaban J connectivity index is 2.21. The van der Waals surface area contributed by atoms with Crippen LogP contribution in [0.25, 0.3) is 15.9 Å². The summed E-state index contributed by atoms with van der Waals surface area (Å²) in [7, 11) is 0. The zero-order chi connectivity index (χ0) is 14.1. The molecule has 20 heavy (non-hydrogen) atoms. The highest BCUT2D eigenvalue weighted by Gasteiger charge is 2.26. The Morgan fingerprint density at radius 2 is 1.90 bits per heavy atom. The van der Waals surface area contributed by atoms with Gasteiger partial charge in [0.2, 0.25) is 5.39 Å². The maximum atomic E-state index is 10.3. The van der Waals surface area contributed by atoms with E-state index in [1.807, 2.05) is 55.5 Å². The van der Waals surface area contributed by atoms with E-state index in [1.165, 1.54) is 0 Å². The van der Waals surface area contributed by atoms with Crippen LogP contribution in [0, 0.1) is 12.3 Å². The molecule has 3 aromatic rings. The Morgan fingerprint density at radius 1 is 1.15 bits per heavy atom. The second-order valence-corrected chi connectivity index (χ2v) is 4.86. The molecule has 0 saturated carbocycles. The van der Waals surface area contributed by atoms with Crippen molar-refractivity contribution in [3.8, 4) is 5.88 Å². The van der Waals surface area contributed by atoms with Gasteiger partial charge in [-0.3, -0.25) is 0 Å². The number of aromatic hydroxyl groups is 1. The van der Waals surface area contributed by atoms with Crippen molar-refractivity contribution < 1.29 is 5.11 Å². The van der Waals surface area contributed by atoms with E-state index >= 15 is 0 Å². The Bertz CT molecular complexity index is 813. The molecule has 98 valence electrons. The third-order valence-electron chi connectivity index (χ3n) is 3.45. The summed E-state index contributed by atoms with van der Waals surface area (Å²) in [4.78, 5) is 3.23. The van der Waals surface area contributed by atoms with Gasteiger partial charge in [-0.15, -0.1) is 0 Å². The minimum Gasteiger partial charge on any atom is -0.489 e. The van der Waals surface area contributed by atoms with E-state index in [1.54, 1.807) is 4.57 Å². The first kappa shape index (κ1) is 12.2. The molecule has 0 amide bonds. The molecule has 0 aliphatic carbocycles. The standard InChI is InChI=1S/C16H13N3O/c1-11-7-8-14-13(9-11)15(18-17)16(20)19(14)10-12-5-3-2-4-6-12/h2-9H,10H2,1H3/p+1. The van der Waals surface area contributed by atoms with Gasteiger partial charge in [-0.1, -0.05) is 42.0 Å². The molecule has 4 nitrogen and oxygen atoms in total. The van der Waals surface area contributed by atoms with Crippen molar-refractivity contribution in [2.75, 3.05) is 0 Å². The molecule has 0 radical (unpaired) electrons. The van der Waals surface area contributed by atoms with E-state index in [-0.39, 0.29) is 11.6 Å². The SMILES string of the molecule is Cc1ccc2c(c1)c([N+]#N)c(O)n2Cc1ccccc1. The van der Waals surface area contributed by atoms with Crippen LogP contribution in [0.2, 0.25) is 0 Å². The van der Waals surface area contributed by atoms with Crippen molar-refractivity contribution in [3.05, 3.63) is 64.6 Å². The van der Waals surface area contributed by atoms with E-state index in [0.29, 0.717) is 6.54 Å². The van der Waals surface area contributed by atoms with E-state index in [9.17, 15) is 5.11 Å². The average Bonchev–Trinajstić information content (AvgIpc) is 2.71. The zero-order valence-electron chi connectivity index (χ0n) is 11.1. The van der Waals surface area contributed by atoms with Crippen LogP contribution < -0.4 is 0 Å². The molecular weight excluding hydrogens is 250 g/mol. The van der Waals surface area contributed by atoms with Gasteiger partial charge in [0.1, 0.15) is 5.39 Å². The lowest BCUT2D eigenvalue weighted by molar-refractivity contribution is 0.431. The largest absolute Gasteiger partial charge is 0.489 e. The topological polar surface area (TPSA) is 53.3 Å². The fraction of sp³-hybridized carbons (Fsp3) is 0.125. The lowest BCUT2D eigenvalue weighted by atomic mass is 10.1. The van der Waals surface area contributed by atoms with Crippen LogP contribution in [-0.4, -0.2) is 9.67 Å². The van der Waals surface area contributed by atoms with Crippen molar-refractivity contribution in [1.29, 1.82) is 5.39 Å². The summed E-state index contributed by atoms with van der Waals surface area (Å²) >= 11 is 0. The Labute approximate surface area is 116 Å². The smallest absolute Gasteiger partial charge is 0.453 e. The Hall–Kier alpha value is -2.80. The minimum atomic E-state index is -0.0167. The molecule has 2 aromatic carbocycles. The summed E-state index contributed by atoms with van der Waals surface area (Å²) < 4.78 is 1.75. The number of aryl methyl sites for hydroxylation is 1. The number of nitrogens with zero attached hydrogens (tertiary/aromatic N) is 3. The molecule has 0 spiro atoms. The van der Waals surface area contributed by atoms with Gasteiger partial charge in [0.25, 0.3) is 5.88 Å². The molecule has 1 N–H and O–H groups in total. The predicted octanol–water partition coefficient (Wildman–Crippen LogP) is 4.19. The van der Waals surface area contributed by atoms with Crippen LogP contribution in [0.1, 0.15) is 11.1 Å². The molecule has 0 fully saturated rings. The van der Waals surface area contributed by atoms with E-state index in [4.69, 9.17) is 5.39 Å². The van der Waals surface area contributed by atoms with E-state index in [0.717, 1.165) is 22.0 Å². The van der Waals surface area contributed by atoms with Crippen molar-refractivity contribution in [1.82, 2.24) is 4.57 Å². The molecule has 0 aliphatic heterocycles. The lowest BCUT2D eigenvalue weighted by Gasteiger charge is -2.06. The number of aromatic nitrogens is 1. The molecule has 0 atom stereocenters. The number of benzene rings is 2. The average molecular weight is 264 g/mol. The van der Waals surface area contributed by atoms with Crippen LogP contribution in [-0.2, 0) is 6.54 Å². The fourth-order valence-electron chi connectivity index (χ4n) is 2.46. The van der Waals surface area contributed by atoms with Crippen molar-refractivity contribution in [2.45, 2.75) is 13.5 Å². The van der Waals surface area contributed by atoms with Gasteiger partial charge in [0.05, 0.1) is 12.1 Å². The van der Waals surface area contributed by atoms with E-state index in [2.05, 4.69) is 4.98 Å². The van der Waals surface area contributed by atoms with Gasteiger partial charge in [-0.05, 0) is 24.6 Å². The van der Waals surface area contributed by atoms with Crippen LogP contribution in [0.4, 0.5) is 5.69 Å². The summed E-state index contributed by atoms with van der Waals surface area (Å²) in [6.45, 7) is 2.49. The van der Waals surface area contributed by atoms with Gasteiger partial charge < -0.3 is 9.67 Å². The molecule has 0 unspecified atom stereocenters. The molecule has 0 bridgehead atoms. The third kappa shape index (κ3) is 1.90. The van der Waals surface area contributed by atoms with Crippen LogP contribution in [0.5, 0.6) is 5.88 Å². The van der Waals surface area contributed by atoms with Crippen LogP contribution >= 0.6 is 0 Å². The number of diazo groups is 1. The highest BCUT2D eigenvalue weighted by molar-refractivity contribution is 5.97. The second-order valence-electron chi connectivity index (χ2n) is 4.86. The normalized spacial score (nSPS) is 10.6. The first-order valence-electron chi connectivity index (χ1n) is 6.41. The summed E-state index contributed by atoms with van der Waals surface area (Å²) in [5, 5.41) is 20.2. The van der Waals surface area contributed by atoms with Gasteiger partial charge in [0.15, 0.2) is 4.98 Å². The minimum absolute atomic E-state index is 0.0167. The molecule has 0 saturated heterocycles. The summed E-state index contributed by atoms with van der Waals surface area (Å²) in [5.41, 5.74) is 3.20.